The molecule has 0 saturated carbocycles. The van der Waals surface area contributed by atoms with Gasteiger partial charge in [0.05, 0.1) is 0 Å². The molecule has 2 amide bonds. The number of carbonyl (C=O) groups is 3. The maximum Gasteiger partial charge on any atom is 0.340 e. The molecule has 7 nitrogen and oxygen atoms in total. The van der Waals surface area contributed by atoms with Gasteiger partial charge in [0, 0.05) is 5.56 Å². The molecular weight excluding hydrogens is 324 g/mol. The van der Waals surface area contributed by atoms with Crippen LogP contribution in [0.2, 0.25) is 0 Å². The van der Waals surface area contributed by atoms with Crippen LogP contribution >= 0.6 is 0 Å². The van der Waals surface area contributed by atoms with Gasteiger partial charge >= 0.3 is 5.97 Å². The summed E-state index contributed by atoms with van der Waals surface area (Å²) in [6.45, 7) is 1.33. The van der Waals surface area contributed by atoms with E-state index in [1.54, 1.807) is 60.7 Å². The third-order valence-corrected chi connectivity index (χ3v) is 3.34. The fraction of sp³-hybridized carbons (Fsp3) is 0.167. The third kappa shape index (κ3) is 5.15. The molecule has 0 unspecified atom stereocenters. The summed E-state index contributed by atoms with van der Waals surface area (Å²) < 4.78 is 4.91. The topological polar surface area (TPSA) is 105 Å². The summed E-state index contributed by atoms with van der Waals surface area (Å²) in [4.78, 5) is 35.6. The number of aliphatic hydroxyl groups excluding tert-OH is 1. The number of amides is 2. The Morgan fingerprint density at radius 2 is 1.48 bits per heavy atom. The first-order chi connectivity index (χ1) is 12.0. The van der Waals surface area contributed by atoms with Crippen LogP contribution in [-0.2, 0) is 14.3 Å². The normalized spacial score (nSPS) is 12.6. The molecule has 0 aromatic heterocycles. The van der Waals surface area contributed by atoms with Crippen molar-refractivity contribution in [1.82, 2.24) is 10.9 Å². The van der Waals surface area contributed by atoms with E-state index in [1.165, 1.54) is 6.92 Å². The number of carbonyl (C=O) groups excluding carboxylic acids is 3. The van der Waals surface area contributed by atoms with Crippen molar-refractivity contribution in [3.05, 3.63) is 71.8 Å². The monoisotopic (exact) mass is 342 g/mol. The SMILES string of the molecule is C[C@H](OC(=O)[C@@H](O)c1ccccc1)C(=O)NNC(=O)c1ccccc1. The summed E-state index contributed by atoms with van der Waals surface area (Å²) in [5.41, 5.74) is 5.12. The van der Waals surface area contributed by atoms with E-state index in [1.807, 2.05) is 0 Å². The molecule has 7 heteroatoms. The first kappa shape index (κ1) is 18.2. The summed E-state index contributed by atoms with van der Waals surface area (Å²) >= 11 is 0. The van der Waals surface area contributed by atoms with Crippen LogP contribution in [0.15, 0.2) is 60.7 Å². The second-order valence-electron chi connectivity index (χ2n) is 5.20. The lowest BCUT2D eigenvalue weighted by molar-refractivity contribution is -0.163. The van der Waals surface area contributed by atoms with Crippen molar-refractivity contribution >= 4 is 17.8 Å². The number of hydrazine groups is 1. The Kier molecular flexibility index (Phi) is 6.25. The fourth-order valence-electron chi connectivity index (χ4n) is 1.95. The molecule has 0 aliphatic rings. The van der Waals surface area contributed by atoms with Gasteiger partial charge in [0.2, 0.25) is 0 Å². The number of rotatable bonds is 5. The summed E-state index contributed by atoms with van der Waals surface area (Å²) in [6, 6.07) is 16.5. The van der Waals surface area contributed by atoms with Crippen molar-refractivity contribution in [2.45, 2.75) is 19.1 Å². The molecule has 0 spiro atoms. The van der Waals surface area contributed by atoms with Crippen LogP contribution in [0.5, 0.6) is 0 Å². The van der Waals surface area contributed by atoms with E-state index in [-0.39, 0.29) is 0 Å². The maximum atomic E-state index is 11.9. The third-order valence-electron chi connectivity index (χ3n) is 3.34. The van der Waals surface area contributed by atoms with E-state index < -0.39 is 30.0 Å². The molecule has 0 aliphatic heterocycles. The Morgan fingerprint density at radius 1 is 0.920 bits per heavy atom. The highest BCUT2D eigenvalue weighted by Crippen LogP contribution is 2.14. The standard InChI is InChI=1S/C18H18N2O5/c1-12(25-18(24)15(21)13-8-4-2-5-9-13)16(22)19-20-17(23)14-10-6-3-7-11-14/h2-12,15,21H,1H3,(H,19,22)(H,20,23)/t12-,15-/m0/s1. The number of nitrogens with one attached hydrogen (secondary N) is 2. The van der Waals surface area contributed by atoms with Gasteiger partial charge in [-0.3, -0.25) is 20.4 Å². The number of benzene rings is 2. The van der Waals surface area contributed by atoms with E-state index in [9.17, 15) is 19.5 Å². The molecular formula is C18H18N2O5. The summed E-state index contributed by atoms with van der Waals surface area (Å²) in [5.74, 6) is -2.18. The van der Waals surface area contributed by atoms with Crippen LogP contribution in [0.4, 0.5) is 0 Å². The Hall–Kier alpha value is -3.19. The van der Waals surface area contributed by atoms with Gasteiger partial charge in [0.25, 0.3) is 11.8 Å². The van der Waals surface area contributed by atoms with Crippen LogP contribution in [-0.4, -0.2) is 29.0 Å². The van der Waals surface area contributed by atoms with E-state index in [0.717, 1.165) is 0 Å². The van der Waals surface area contributed by atoms with E-state index in [2.05, 4.69) is 10.9 Å². The molecule has 0 heterocycles. The first-order valence-electron chi connectivity index (χ1n) is 7.58. The summed E-state index contributed by atoms with van der Waals surface area (Å²) in [6.07, 6.45) is -2.68. The van der Waals surface area contributed by atoms with Crippen LogP contribution < -0.4 is 10.9 Å². The van der Waals surface area contributed by atoms with Gasteiger partial charge in [0.1, 0.15) is 0 Å². The molecule has 25 heavy (non-hydrogen) atoms. The quantitative estimate of drug-likeness (QED) is 0.558. The van der Waals surface area contributed by atoms with Gasteiger partial charge in [0.15, 0.2) is 12.2 Å². The van der Waals surface area contributed by atoms with Gasteiger partial charge in [-0.15, -0.1) is 0 Å². The predicted molar refractivity (Wildman–Crippen MR) is 89.0 cm³/mol. The van der Waals surface area contributed by atoms with Gasteiger partial charge in [-0.2, -0.15) is 0 Å². The number of hydrogen-bond donors (Lipinski definition) is 3. The number of esters is 1. The molecule has 0 radical (unpaired) electrons. The number of hydrogen-bond acceptors (Lipinski definition) is 5. The largest absolute Gasteiger partial charge is 0.450 e. The molecule has 0 saturated heterocycles. The van der Waals surface area contributed by atoms with Gasteiger partial charge in [-0.05, 0) is 24.6 Å². The van der Waals surface area contributed by atoms with E-state index in [4.69, 9.17) is 4.74 Å². The molecule has 130 valence electrons. The average molecular weight is 342 g/mol. The van der Waals surface area contributed by atoms with E-state index >= 15 is 0 Å². The molecule has 2 aromatic carbocycles. The molecule has 2 rings (SSSR count). The lowest BCUT2D eigenvalue weighted by Gasteiger charge is -2.16. The first-order valence-corrected chi connectivity index (χ1v) is 7.58. The predicted octanol–water partition coefficient (Wildman–Crippen LogP) is 1.11. The van der Waals surface area contributed by atoms with Gasteiger partial charge in [-0.25, -0.2) is 4.79 Å². The minimum atomic E-state index is -1.49. The zero-order chi connectivity index (χ0) is 18.2. The lowest BCUT2D eigenvalue weighted by atomic mass is 10.1. The zero-order valence-electron chi connectivity index (χ0n) is 13.5. The van der Waals surface area contributed by atoms with Crippen molar-refractivity contribution in [1.29, 1.82) is 0 Å². The maximum absolute atomic E-state index is 11.9. The minimum absolute atomic E-state index is 0.359. The summed E-state index contributed by atoms with van der Waals surface area (Å²) in [5, 5.41) is 9.91. The molecule has 0 aliphatic carbocycles. The Morgan fingerprint density at radius 3 is 2.08 bits per heavy atom. The molecule has 0 bridgehead atoms. The second kappa shape index (κ2) is 8.60. The van der Waals surface area contributed by atoms with Gasteiger partial charge < -0.3 is 9.84 Å². The molecule has 2 atom stereocenters. The Labute approximate surface area is 144 Å². The molecule has 0 fully saturated rings. The van der Waals surface area contributed by atoms with Crippen LogP contribution in [0, 0.1) is 0 Å². The average Bonchev–Trinajstić information content (AvgIpc) is 2.66. The highest BCUT2D eigenvalue weighted by Gasteiger charge is 2.24. The van der Waals surface area contributed by atoms with Gasteiger partial charge in [-0.1, -0.05) is 48.5 Å². The second-order valence-corrected chi connectivity index (χ2v) is 5.20. The van der Waals surface area contributed by atoms with Crippen molar-refractivity contribution < 1.29 is 24.2 Å². The minimum Gasteiger partial charge on any atom is -0.450 e. The fourth-order valence-corrected chi connectivity index (χ4v) is 1.95. The zero-order valence-corrected chi connectivity index (χ0v) is 13.5. The van der Waals surface area contributed by atoms with Crippen molar-refractivity contribution in [3.63, 3.8) is 0 Å². The van der Waals surface area contributed by atoms with Crippen molar-refractivity contribution in [3.8, 4) is 0 Å². The van der Waals surface area contributed by atoms with Crippen molar-refractivity contribution in [2.24, 2.45) is 0 Å². The summed E-state index contributed by atoms with van der Waals surface area (Å²) in [7, 11) is 0. The highest BCUT2D eigenvalue weighted by atomic mass is 16.6. The van der Waals surface area contributed by atoms with Crippen molar-refractivity contribution in [2.75, 3.05) is 0 Å². The molecule has 3 N–H and O–H groups in total. The van der Waals surface area contributed by atoms with Crippen LogP contribution in [0.25, 0.3) is 0 Å². The number of ether oxygens (including phenoxy) is 1. The Balaban J connectivity index is 1.83. The smallest absolute Gasteiger partial charge is 0.340 e. The molecule has 2 aromatic rings. The lowest BCUT2D eigenvalue weighted by Crippen LogP contribution is -2.47. The highest BCUT2D eigenvalue weighted by molar-refractivity contribution is 5.95. The number of aliphatic hydroxyl groups is 1. The van der Waals surface area contributed by atoms with E-state index in [0.29, 0.717) is 11.1 Å². The van der Waals surface area contributed by atoms with Crippen LogP contribution in [0.1, 0.15) is 28.9 Å². The Bertz CT molecular complexity index is 734. The van der Waals surface area contributed by atoms with Crippen LogP contribution in [0.3, 0.4) is 0 Å².